The molecule has 0 aliphatic heterocycles. The van der Waals surface area contributed by atoms with Crippen LogP contribution in [0.5, 0.6) is 0 Å². The summed E-state index contributed by atoms with van der Waals surface area (Å²) in [5, 5.41) is 9.91. The van der Waals surface area contributed by atoms with Gasteiger partial charge in [0.25, 0.3) is 0 Å². The first-order chi connectivity index (χ1) is 6.79. The van der Waals surface area contributed by atoms with Crippen LogP contribution in [0.3, 0.4) is 0 Å². The molecule has 0 spiro atoms. The number of nitrogens with zero attached hydrogens (tertiary/aromatic N) is 2. The lowest BCUT2D eigenvalue weighted by atomic mass is 10.1. The molecule has 0 saturated heterocycles. The van der Waals surface area contributed by atoms with E-state index in [4.69, 9.17) is 5.73 Å². The summed E-state index contributed by atoms with van der Waals surface area (Å²) in [4.78, 5) is 8.58. The molecule has 0 saturated carbocycles. The summed E-state index contributed by atoms with van der Waals surface area (Å²) in [5.74, 6) is 0. The van der Waals surface area contributed by atoms with Crippen molar-refractivity contribution in [2.24, 2.45) is 0 Å². The highest BCUT2D eigenvalue weighted by atomic mass is 32.1. The Hall–Kier alpha value is -1.46. The van der Waals surface area contributed by atoms with E-state index in [0.29, 0.717) is 11.3 Å². The van der Waals surface area contributed by atoms with Crippen LogP contribution in [0.1, 0.15) is 16.5 Å². The fraction of sp³-hybridized carbons (Fsp3) is 0.111. The van der Waals surface area contributed by atoms with E-state index in [1.807, 2.05) is 0 Å². The fourth-order valence-corrected chi connectivity index (χ4v) is 1.78. The minimum absolute atomic E-state index is 0.543. The molecule has 2 heterocycles. The van der Waals surface area contributed by atoms with Crippen molar-refractivity contribution in [2.45, 2.75) is 6.10 Å². The van der Waals surface area contributed by atoms with Gasteiger partial charge in [0.1, 0.15) is 6.10 Å². The molecule has 2 aromatic heterocycles. The van der Waals surface area contributed by atoms with Gasteiger partial charge in [-0.3, -0.25) is 9.97 Å². The molecule has 0 amide bonds. The van der Waals surface area contributed by atoms with Gasteiger partial charge >= 0.3 is 0 Å². The third-order valence-electron chi connectivity index (χ3n) is 1.90. The topological polar surface area (TPSA) is 72.0 Å². The molecule has 0 aliphatic rings. The van der Waals surface area contributed by atoms with E-state index >= 15 is 0 Å². The number of thiazole rings is 1. The number of aromatic nitrogens is 2. The summed E-state index contributed by atoms with van der Waals surface area (Å²) < 4.78 is 0. The zero-order valence-electron chi connectivity index (χ0n) is 7.29. The molecular formula is C9H9N3OS. The van der Waals surface area contributed by atoms with Crippen molar-refractivity contribution in [1.29, 1.82) is 0 Å². The first-order valence-electron chi connectivity index (χ1n) is 4.05. The van der Waals surface area contributed by atoms with Gasteiger partial charge in [0.05, 0.1) is 10.4 Å². The Morgan fingerprint density at radius 1 is 1.36 bits per heavy atom. The quantitative estimate of drug-likeness (QED) is 0.776. The highest BCUT2D eigenvalue weighted by molar-refractivity contribution is 7.09. The van der Waals surface area contributed by atoms with Gasteiger partial charge in [-0.15, -0.1) is 11.3 Å². The molecule has 0 bridgehead atoms. The number of pyridine rings is 1. The highest BCUT2D eigenvalue weighted by Gasteiger charge is 2.14. The lowest BCUT2D eigenvalue weighted by Crippen LogP contribution is -2.02. The number of hydrogen-bond acceptors (Lipinski definition) is 5. The molecule has 5 heteroatoms. The van der Waals surface area contributed by atoms with Gasteiger partial charge in [-0.05, 0) is 6.07 Å². The van der Waals surface area contributed by atoms with E-state index < -0.39 is 6.10 Å². The van der Waals surface area contributed by atoms with Gasteiger partial charge in [-0.2, -0.15) is 0 Å². The molecular weight excluding hydrogens is 198 g/mol. The largest absolute Gasteiger partial charge is 0.398 e. The van der Waals surface area contributed by atoms with Gasteiger partial charge < -0.3 is 10.8 Å². The van der Waals surface area contributed by atoms with Crippen molar-refractivity contribution < 1.29 is 5.11 Å². The molecule has 1 atom stereocenters. The van der Waals surface area contributed by atoms with Crippen molar-refractivity contribution in [1.82, 2.24) is 9.97 Å². The summed E-state index contributed by atoms with van der Waals surface area (Å²) in [6.07, 6.45) is 4.07. The predicted molar refractivity (Wildman–Crippen MR) is 54.8 cm³/mol. The van der Waals surface area contributed by atoms with E-state index in [1.54, 1.807) is 30.2 Å². The summed E-state index contributed by atoms with van der Waals surface area (Å²) >= 11 is 1.39. The lowest BCUT2D eigenvalue weighted by molar-refractivity contribution is 0.224. The first kappa shape index (κ1) is 9.11. The Labute approximate surface area is 85.1 Å². The van der Waals surface area contributed by atoms with E-state index in [0.717, 1.165) is 4.88 Å². The number of rotatable bonds is 2. The number of anilines is 1. The fourth-order valence-electron chi connectivity index (χ4n) is 1.16. The molecule has 72 valence electrons. The number of nitrogen functional groups attached to an aromatic ring is 1. The lowest BCUT2D eigenvalue weighted by Gasteiger charge is -2.09. The maximum atomic E-state index is 9.91. The standard InChI is InChI=1S/C9H9N3OS/c10-7-1-2-11-3-6(7)9(13)8-4-12-5-14-8/h1-5,9,13H,(H2,10,11). The monoisotopic (exact) mass is 207 g/mol. The summed E-state index contributed by atoms with van der Waals surface area (Å²) in [6, 6.07) is 1.67. The second-order valence-corrected chi connectivity index (χ2v) is 3.73. The van der Waals surface area contributed by atoms with Gasteiger partial charge in [0, 0.05) is 29.8 Å². The van der Waals surface area contributed by atoms with Gasteiger partial charge in [0.15, 0.2) is 0 Å². The van der Waals surface area contributed by atoms with Crippen LogP contribution in [-0.2, 0) is 0 Å². The van der Waals surface area contributed by atoms with E-state index in [-0.39, 0.29) is 0 Å². The smallest absolute Gasteiger partial charge is 0.118 e. The molecule has 0 fully saturated rings. The van der Waals surface area contributed by atoms with Crippen molar-refractivity contribution >= 4 is 17.0 Å². The van der Waals surface area contributed by atoms with Gasteiger partial charge in [-0.1, -0.05) is 0 Å². The molecule has 0 radical (unpaired) electrons. The molecule has 0 aromatic carbocycles. The average Bonchev–Trinajstić information content (AvgIpc) is 2.70. The second-order valence-electron chi connectivity index (χ2n) is 2.81. The Kier molecular flexibility index (Phi) is 2.43. The minimum Gasteiger partial charge on any atom is -0.398 e. The summed E-state index contributed by atoms with van der Waals surface area (Å²) in [5.41, 5.74) is 8.55. The number of aliphatic hydroxyl groups excluding tert-OH is 1. The van der Waals surface area contributed by atoms with Crippen LogP contribution in [0.25, 0.3) is 0 Å². The summed E-state index contributed by atoms with van der Waals surface area (Å²) in [6.45, 7) is 0. The maximum Gasteiger partial charge on any atom is 0.118 e. The van der Waals surface area contributed by atoms with Crippen molar-refractivity contribution in [2.75, 3.05) is 5.73 Å². The molecule has 2 rings (SSSR count). The Morgan fingerprint density at radius 2 is 2.21 bits per heavy atom. The van der Waals surface area contributed by atoms with Gasteiger partial charge in [-0.25, -0.2) is 0 Å². The Morgan fingerprint density at radius 3 is 2.86 bits per heavy atom. The van der Waals surface area contributed by atoms with E-state index in [2.05, 4.69) is 9.97 Å². The zero-order chi connectivity index (χ0) is 9.97. The third kappa shape index (κ3) is 1.59. The van der Waals surface area contributed by atoms with Crippen LogP contribution in [-0.4, -0.2) is 15.1 Å². The average molecular weight is 207 g/mol. The van der Waals surface area contributed by atoms with E-state index in [9.17, 15) is 5.11 Å². The SMILES string of the molecule is Nc1ccncc1C(O)c1cncs1. The first-order valence-corrected chi connectivity index (χ1v) is 4.93. The van der Waals surface area contributed by atoms with Crippen LogP contribution in [0.2, 0.25) is 0 Å². The van der Waals surface area contributed by atoms with Crippen molar-refractivity contribution in [3.05, 3.63) is 40.6 Å². The Balaban J connectivity index is 2.37. The van der Waals surface area contributed by atoms with Crippen LogP contribution >= 0.6 is 11.3 Å². The minimum atomic E-state index is -0.726. The zero-order valence-corrected chi connectivity index (χ0v) is 8.11. The van der Waals surface area contributed by atoms with Crippen molar-refractivity contribution in [3.8, 4) is 0 Å². The van der Waals surface area contributed by atoms with Crippen LogP contribution < -0.4 is 5.73 Å². The molecule has 3 N–H and O–H groups in total. The third-order valence-corrected chi connectivity index (χ3v) is 2.73. The normalized spacial score (nSPS) is 12.6. The van der Waals surface area contributed by atoms with Gasteiger partial charge in [0.2, 0.25) is 0 Å². The number of aliphatic hydroxyl groups is 1. The van der Waals surface area contributed by atoms with Crippen LogP contribution in [0, 0.1) is 0 Å². The molecule has 2 aromatic rings. The van der Waals surface area contributed by atoms with E-state index in [1.165, 1.54) is 11.3 Å². The highest BCUT2D eigenvalue weighted by Crippen LogP contribution is 2.27. The number of hydrogen-bond donors (Lipinski definition) is 2. The molecule has 14 heavy (non-hydrogen) atoms. The number of nitrogens with two attached hydrogens (primary N) is 1. The molecule has 4 nitrogen and oxygen atoms in total. The van der Waals surface area contributed by atoms with Crippen LogP contribution in [0.4, 0.5) is 5.69 Å². The van der Waals surface area contributed by atoms with Crippen LogP contribution in [0.15, 0.2) is 30.2 Å². The molecule has 0 aliphatic carbocycles. The Bertz CT molecular complexity index is 416. The predicted octanol–water partition coefficient (Wildman–Crippen LogP) is 1.20. The second kappa shape index (κ2) is 3.73. The maximum absolute atomic E-state index is 9.91. The summed E-state index contributed by atoms with van der Waals surface area (Å²) in [7, 11) is 0. The molecule has 1 unspecified atom stereocenters. The van der Waals surface area contributed by atoms with Crippen molar-refractivity contribution in [3.63, 3.8) is 0 Å².